The number of urea groups is 1. The molecule has 7 heteroatoms. The molecule has 7 nitrogen and oxygen atoms in total. The molecule has 0 bridgehead atoms. The molecule has 1 N–H and O–H groups in total. The minimum absolute atomic E-state index is 0.0100. The zero-order chi connectivity index (χ0) is 17.4. The van der Waals surface area contributed by atoms with E-state index in [1.54, 1.807) is 29.2 Å². The van der Waals surface area contributed by atoms with E-state index in [0.29, 0.717) is 30.9 Å². The lowest BCUT2D eigenvalue weighted by Crippen LogP contribution is -2.40. The van der Waals surface area contributed by atoms with Crippen LogP contribution in [0.25, 0.3) is 0 Å². The number of hydrogen-bond donors (Lipinski definition) is 1. The van der Waals surface area contributed by atoms with Crippen LogP contribution in [-0.2, 0) is 9.47 Å². The Kier molecular flexibility index (Phi) is 6.58. The van der Waals surface area contributed by atoms with Gasteiger partial charge in [-0.1, -0.05) is 6.07 Å². The van der Waals surface area contributed by atoms with Crippen molar-refractivity contribution in [3.63, 3.8) is 0 Å². The minimum atomic E-state index is -0.466. The number of nitrogens with zero attached hydrogens (tertiary/aromatic N) is 2. The third-order valence-corrected chi connectivity index (χ3v) is 3.76. The van der Waals surface area contributed by atoms with Gasteiger partial charge in [-0.3, -0.25) is 0 Å². The summed E-state index contributed by atoms with van der Waals surface area (Å²) in [6.45, 7) is 1.49. The predicted octanol–water partition coefficient (Wildman–Crippen LogP) is 2.40. The van der Waals surface area contributed by atoms with Gasteiger partial charge in [-0.25, -0.2) is 9.59 Å². The number of ether oxygens (including phenoxy) is 2. The fourth-order valence-electron chi connectivity index (χ4n) is 2.54. The van der Waals surface area contributed by atoms with Gasteiger partial charge in [0.1, 0.15) is 0 Å². The Bertz CT molecular complexity index is 621. The first-order valence-electron chi connectivity index (χ1n) is 7.87. The van der Waals surface area contributed by atoms with Crippen LogP contribution in [0.3, 0.4) is 0 Å². The van der Waals surface area contributed by atoms with Crippen LogP contribution in [0.4, 0.5) is 10.5 Å². The molecule has 2 rings (SSSR count). The number of carbonyl (C=O) groups is 2. The average Bonchev–Trinajstić information content (AvgIpc) is 3.11. The van der Waals surface area contributed by atoms with Gasteiger partial charge in [-0.2, -0.15) is 5.26 Å². The Morgan fingerprint density at radius 3 is 3.00 bits per heavy atom. The number of anilines is 1. The number of rotatable bonds is 6. The van der Waals surface area contributed by atoms with Crippen LogP contribution >= 0.6 is 0 Å². The summed E-state index contributed by atoms with van der Waals surface area (Å²) < 4.78 is 10.2. The molecule has 0 aromatic heterocycles. The number of nitriles is 1. The monoisotopic (exact) mass is 331 g/mol. The number of carbonyl (C=O) groups excluding carboxylic acids is 2. The fraction of sp³-hybridized carbons (Fsp3) is 0.471. The van der Waals surface area contributed by atoms with Crippen molar-refractivity contribution < 1.29 is 19.1 Å². The Balaban J connectivity index is 2.03. The van der Waals surface area contributed by atoms with Gasteiger partial charge in [0.15, 0.2) is 0 Å². The number of nitrogens with one attached hydrogen (secondary N) is 1. The number of hydrogen-bond acceptors (Lipinski definition) is 5. The molecule has 1 fully saturated rings. The van der Waals surface area contributed by atoms with E-state index < -0.39 is 5.97 Å². The van der Waals surface area contributed by atoms with Crippen molar-refractivity contribution in [2.45, 2.75) is 25.4 Å². The highest BCUT2D eigenvalue weighted by Gasteiger charge is 2.22. The molecule has 128 valence electrons. The molecule has 1 saturated heterocycles. The fourth-order valence-corrected chi connectivity index (χ4v) is 2.54. The van der Waals surface area contributed by atoms with Crippen LogP contribution in [-0.4, -0.2) is 49.8 Å². The van der Waals surface area contributed by atoms with Crippen LogP contribution < -0.4 is 5.32 Å². The van der Waals surface area contributed by atoms with Gasteiger partial charge in [0.25, 0.3) is 0 Å². The van der Waals surface area contributed by atoms with E-state index in [2.05, 4.69) is 10.1 Å². The van der Waals surface area contributed by atoms with E-state index in [0.717, 1.165) is 12.8 Å². The second kappa shape index (κ2) is 8.89. The van der Waals surface area contributed by atoms with Gasteiger partial charge >= 0.3 is 12.0 Å². The standard InChI is InChI=1S/C17H21N3O4/c1-23-16(21)13-5-2-6-14(11-13)19-17(22)20(9-4-8-18)12-15-7-3-10-24-15/h2,5-6,11,15H,3-4,7,9-10,12H2,1H3,(H,19,22). The van der Waals surface area contributed by atoms with Gasteiger partial charge in [0.05, 0.1) is 31.3 Å². The summed E-state index contributed by atoms with van der Waals surface area (Å²) in [5.74, 6) is -0.466. The molecular weight excluding hydrogens is 310 g/mol. The highest BCUT2D eigenvalue weighted by atomic mass is 16.5. The van der Waals surface area contributed by atoms with E-state index in [1.165, 1.54) is 7.11 Å². The van der Waals surface area contributed by atoms with E-state index >= 15 is 0 Å². The van der Waals surface area contributed by atoms with Crippen molar-refractivity contribution in [1.82, 2.24) is 4.90 Å². The van der Waals surface area contributed by atoms with Gasteiger partial charge in [0.2, 0.25) is 0 Å². The Hall–Kier alpha value is -2.59. The maximum absolute atomic E-state index is 12.5. The van der Waals surface area contributed by atoms with Crippen molar-refractivity contribution >= 4 is 17.7 Å². The van der Waals surface area contributed by atoms with Crippen LogP contribution in [0.1, 0.15) is 29.6 Å². The number of benzene rings is 1. The van der Waals surface area contributed by atoms with Crippen molar-refractivity contribution in [2.24, 2.45) is 0 Å². The van der Waals surface area contributed by atoms with E-state index in [4.69, 9.17) is 10.00 Å². The van der Waals surface area contributed by atoms with Gasteiger partial charge < -0.3 is 19.7 Å². The molecule has 1 aromatic rings. The first-order chi connectivity index (χ1) is 11.6. The summed E-state index contributed by atoms with van der Waals surface area (Å²) in [4.78, 5) is 25.6. The molecule has 1 aliphatic heterocycles. The zero-order valence-corrected chi connectivity index (χ0v) is 13.7. The molecule has 1 aromatic carbocycles. The molecule has 0 aliphatic carbocycles. The molecule has 0 spiro atoms. The lowest BCUT2D eigenvalue weighted by Gasteiger charge is -2.25. The molecule has 2 amide bonds. The third-order valence-electron chi connectivity index (χ3n) is 3.76. The summed E-state index contributed by atoms with van der Waals surface area (Å²) in [6.07, 6.45) is 2.16. The highest BCUT2D eigenvalue weighted by molar-refractivity contribution is 5.93. The Labute approximate surface area is 141 Å². The van der Waals surface area contributed by atoms with Crippen LogP contribution in [0, 0.1) is 11.3 Å². The number of esters is 1. The van der Waals surface area contributed by atoms with Gasteiger partial charge in [0, 0.05) is 25.4 Å². The van der Waals surface area contributed by atoms with Crippen molar-refractivity contribution in [2.75, 3.05) is 32.1 Å². The lowest BCUT2D eigenvalue weighted by molar-refractivity contribution is 0.0600. The smallest absolute Gasteiger partial charge is 0.337 e. The summed E-state index contributed by atoms with van der Waals surface area (Å²) >= 11 is 0. The first-order valence-corrected chi connectivity index (χ1v) is 7.87. The first kappa shape index (κ1) is 17.8. The average molecular weight is 331 g/mol. The molecule has 1 atom stereocenters. The van der Waals surface area contributed by atoms with Crippen molar-refractivity contribution in [1.29, 1.82) is 5.26 Å². The van der Waals surface area contributed by atoms with Gasteiger partial charge in [-0.15, -0.1) is 0 Å². The maximum atomic E-state index is 12.5. The summed E-state index contributed by atoms with van der Waals surface area (Å²) in [6, 6.07) is 8.26. The molecule has 0 saturated carbocycles. The minimum Gasteiger partial charge on any atom is -0.465 e. The van der Waals surface area contributed by atoms with E-state index in [9.17, 15) is 9.59 Å². The maximum Gasteiger partial charge on any atom is 0.337 e. The van der Waals surface area contributed by atoms with Crippen LogP contribution in [0.2, 0.25) is 0 Å². The number of amides is 2. The third kappa shape index (κ3) is 4.96. The van der Waals surface area contributed by atoms with Crippen molar-refractivity contribution in [3.05, 3.63) is 29.8 Å². The van der Waals surface area contributed by atoms with Crippen LogP contribution in [0.15, 0.2) is 24.3 Å². The SMILES string of the molecule is COC(=O)c1cccc(NC(=O)N(CCC#N)CC2CCCO2)c1. The highest BCUT2D eigenvalue weighted by Crippen LogP contribution is 2.16. The van der Waals surface area contributed by atoms with Gasteiger partial charge in [-0.05, 0) is 31.0 Å². The largest absolute Gasteiger partial charge is 0.465 e. The Morgan fingerprint density at radius 2 is 2.33 bits per heavy atom. The van der Waals surface area contributed by atoms with Crippen LogP contribution in [0.5, 0.6) is 0 Å². The topological polar surface area (TPSA) is 91.7 Å². The summed E-state index contributed by atoms with van der Waals surface area (Å²) in [7, 11) is 1.30. The molecule has 1 heterocycles. The van der Waals surface area contributed by atoms with Crippen molar-refractivity contribution in [3.8, 4) is 6.07 Å². The summed E-state index contributed by atoms with van der Waals surface area (Å²) in [5.41, 5.74) is 0.857. The normalized spacial score (nSPS) is 16.2. The summed E-state index contributed by atoms with van der Waals surface area (Å²) in [5, 5.41) is 11.5. The number of methoxy groups -OCH3 is 1. The quantitative estimate of drug-likeness (QED) is 0.808. The molecular formula is C17H21N3O4. The molecule has 0 radical (unpaired) electrons. The molecule has 1 aliphatic rings. The second-order valence-electron chi connectivity index (χ2n) is 5.49. The zero-order valence-electron chi connectivity index (χ0n) is 13.7. The Morgan fingerprint density at radius 1 is 1.50 bits per heavy atom. The van der Waals surface area contributed by atoms with E-state index in [1.807, 2.05) is 6.07 Å². The molecule has 24 heavy (non-hydrogen) atoms. The van der Waals surface area contributed by atoms with E-state index in [-0.39, 0.29) is 18.6 Å². The molecule has 1 unspecified atom stereocenters. The second-order valence-corrected chi connectivity index (χ2v) is 5.49. The predicted molar refractivity (Wildman–Crippen MR) is 87.6 cm³/mol. The lowest BCUT2D eigenvalue weighted by atomic mass is 10.2.